The van der Waals surface area contributed by atoms with Crippen molar-refractivity contribution in [2.24, 2.45) is 0 Å². The van der Waals surface area contributed by atoms with Crippen molar-refractivity contribution in [3.8, 4) is 34.0 Å². The van der Waals surface area contributed by atoms with Gasteiger partial charge in [-0.2, -0.15) is 5.26 Å². The smallest absolute Gasteiger partial charge is 0.159 e. The number of para-hydroxylation sites is 2. The van der Waals surface area contributed by atoms with Crippen LogP contribution >= 0.6 is 11.3 Å². The van der Waals surface area contributed by atoms with E-state index in [4.69, 9.17) is 4.42 Å². The fraction of sp³-hybridized carbons (Fsp3) is 0.0465. The Morgan fingerprint density at radius 2 is 1.45 bits per heavy atom. The summed E-state index contributed by atoms with van der Waals surface area (Å²) in [5.74, 6) is 0. The van der Waals surface area contributed by atoms with Gasteiger partial charge in [0.25, 0.3) is 0 Å². The van der Waals surface area contributed by atoms with E-state index in [9.17, 15) is 5.26 Å². The molecular weight excluding hydrogens is 593 g/mol. The number of allylic oxidation sites excluding steroid dienone is 1. The summed E-state index contributed by atoms with van der Waals surface area (Å²) in [6.45, 7) is 0. The van der Waals surface area contributed by atoms with Gasteiger partial charge in [0.2, 0.25) is 0 Å². The van der Waals surface area contributed by atoms with E-state index in [0.29, 0.717) is 5.56 Å². The number of furan rings is 1. The number of aromatic nitrogens is 1. The third kappa shape index (κ3) is 3.78. The summed E-state index contributed by atoms with van der Waals surface area (Å²) in [5.41, 5.74) is 11.5. The lowest BCUT2D eigenvalue weighted by Crippen LogP contribution is -1.94. The predicted octanol–water partition coefficient (Wildman–Crippen LogP) is 12.1. The molecule has 1 aliphatic carbocycles. The summed E-state index contributed by atoms with van der Waals surface area (Å²) in [5, 5.41) is 15.4. The van der Waals surface area contributed by atoms with E-state index in [1.165, 1.54) is 31.7 Å². The van der Waals surface area contributed by atoms with Crippen molar-refractivity contribution >= 4 is 71.2 Å². The van der Waals surface area contributed by atoms with E-state index < -0.39 is 0 Å². The number of fused-ring (bicyclic) bond motifs is 9. The second kappa shape index (κ2) is 10.1. The fourth-order valence-corrected chi connectivity index (χ4v) is 8.95. The van der Waals surface area contributed by atoms with Crippen LogP contribution in [-0.4, -0.2) is 4.57 Å². The van der Waals surface area contributed by atoms with Gasteiger partial charge in [0.15, 0.2) is 5.58 Å². The molecule has 6 aromatic carbocycles. The van der Waals surface area contributed by atoms with Gasteiger partial charge >= 0.3 is 0 Å². The molecule has 0 unspecified atom stereocenters. The van der Waals surface area contributed by atoms with Crippen LogP contribution in [0.25, 0.3) is 87.8 Å². The van der Waals surface area contributed by atoms with Crippen LogP contribution in [0, 0.1) is 11.3 Å². The lowest BCUT2D eigenvalue weighted by molar-refractivity contribution is 0.667. The Balaban J connectivity index is 1.33. The van der Waals surface area contributed by atoms with Gasteiger partial charge in [-0.3, -0.25) is 0 Å². The van der Waals surface area contributed by atoms with Crippen molar-refractivity contribution in [3.63, 3.8) is 0 Å². The van der Waals surface area contributed by atoms with Crippen molar-refractivity contribution in [2.75, 3.05) is 0 Å². The first kappa shape index (κ1) is 26.3. The van der Waals surface area contributed by atoms with Gasteiger partial charge in [-0.05, 0) is 65.9 Å². The lowest BCUT2D eigenvalue weighted by atomic mass is 9.93. The van der Waals surface area contributed by atoms with Gasteiger partial charge in [0.05, 0.1) is 28.4 Å². The molecule has 3 nitrogen and oxygen atoms in total. The highest BCUT2D eigenvalue weighted by molar-refractivity contribution is 7.20. The molecule has 0 atom stereocenters. The SMILES string of the molecule is N#Cc1ccc2c(c1)c1ccccc1n2-c1cccc2c1oc1c(-c3ccccc3)ccc(-c3cccc4c5c(sc34)CCC=C5)c12. The maximum Gasteiger partial charge on any atom is 0.159 e. The van der Waals surface area contributed by atoms with Crippen LogP contribution in [0.15, 0.2) is 132 Å². The third-order valence-corrected chi connectivity index (χ3v) is 11.0. The molecule has 0 N–H and O–H groups in total. The number of thiophene rings is 1. The van der Waals surface area contributed by atoms with Crippen molar-refractivity contribution < 1.29 is 4.42 Å². The molecule has 220 valence electrons. The average molecular weight is 619 g/mol. The van der Waals surface area contributed by atoms with Crippen LogP contribution in [0.3, 0.4) is 0 Å². The molecule has 3 heterocycles. The molecule has 4 heteroatoms. The largest absolute Gasteiger partial charge is 0.453 e. The Kier molecular flexibility index (Phi) is 5.64. The van der Waals surface area contributed by atoms with Crippen LogP contribution < -0.4 is 0 Å². The van der Waals surface area contributed by atoms with Gasteiger partial charge in [0.1, 0.15) is 5.58 Å². The second-order valence-corrected chi connectivity index (χ2v) is 13.4. The second-order valence-electron chi connectivity index (χ2n) is 12.2. The molecule has 0 saturated carbocycles. The first-order valence-electron chi connectivity index (χ1n) is 16.0. The Morgan fingerprint density at radius 3 is 2.36 bits per heavy atom. The zero-order valence-corrected chi connectivity index (χ0v) is 26.1. The molecule has 1 aliphatic rings. The van der Waals surface area contributed by atoms with E-state index in [0.717, 1.165) is 73.4 Å². The summed E-state index contributed by atoms with van der Waals surface area (Å²) in [7, 11) is 0. The molecule has 0 saturated heterocycles. The monoisotopic (exact) mass is 618 g/mol. The number of benzene rings is 6. The average Bonchev–Trinajstić information content (AvgIpc) is 3.81. The normalized spacial score (nSPS) is 12.8. The van der Waals surface area contributed by atoms with Crippen molar-refractivity contribution in [1.82, 2.24) is 4.57 Å². The number of nitrogens with zero attached hydrogens (tertiary/aromatic N) is 2. The van der Waals surface area contributed by atoms with Crippen molar-refractivity contribution in [2.45, 2.75) is 12.8 Å². The molecule has 0 fully saturated rings. The summed E-state index contributed by atoms with van der Waals surface area (Å²) in [6, 6.07) is 45.0. The lowest BCUT2D eigenvalue weighted by Gasteiger charge is -2.10. The minimum Gasteiger partial charge on any atom is -0.453 e. The molecular formula is C43H26N2OS. The van der Waals surface area contributed by atoms with E-state index in [1.807, 2.05) is 23.5 Å². The van der Waals surface area contributed by atoms with Gasteiger partial charge in [-0.25, -0.2) is 0 Å². The quantitative estimate of drug-likeness (QED) is 0.198. The highest BCUT2D eigenvalue weighted by Gasteiger charge is 2.23. The Labute approximate surface area is 274 Å². The maximum atomic E-state index is 9.69. The Morgan fingerprint density at radius 1 is 0.660 bits per heavy atom. The van der Waals surface area contributed by atoms with Crippen LogP contribution in [0.1, 0.15) is 22.4 Å². The van der Waals surface area contributed by atoms with Crippen LogP contribution in [0.2, 0.25) is 0 Å². The van der Waals surface area contributed by atoms with E-state index in [1.54, 1.807) is 0 Å². The first-order chi connectivity index (χ1) is 23.3. The molecule has 0 aliphatic heterocycles. The van der Waals surface area contributed by atoms with Crippen LogP contribution in [0.5, 0.6) is 0 Å². The molecule has 0 spiro atoms. The van der Waals surface area contributed by atoms with E-state index >= 15 is 0 Å². The molecule has 47 heavy (non-hydrogen) atoms. The summed E-state index contributed by atoms with van der Waals surface area (Å²) >= 11 is 1.94. The summed E-state index contributed by atoms with van der Waals surface area (Å²) in [4.78, 5) is 1.47. The molecule has 0 amide bonds. The fourth-order valence-electron chi connectivity index (χ4n) is 7.62. The summed E-state index contributed by atoms with van der Waals surface area (Å²) < 4.78 is 10.7. The highest BCUT2D eigenvalue weighted by Crippen LogP contribution is 2.48. The number of hydrogen-bond donors (Lipinski definition) is 0. The number of aryl methyl sites for hydroxylation is 1. The zero-order chi connectivity index (χ0) is 31.1. The Hall–Kier alpha value is -5.89. The topological polar surface area (TPSA) is 41.9 Å². The number of nitriles is 1. The minimum atomic E-state index is 0.652. The van der Waals surface area contributed by atoms with Crippen molar-refractivity contribution in [3.05, 3.63) is 143 Å². The van der Waals surface area contributed by atoms with Crippen LogP contribution in [-0.2, 0) is 6.42 Å². The molecule has 0 bridgehead atoms. The standard InChI is InChI=1S/C43H26N2OS/c44-25-26-20-23-37-35(24-26)29-12-4-6-17-36(29)45(37)38-18-9-16-34-40-31(22-21-28(42(40)46-41(34)38)27-10-2-1-3-11-27)33-15-8-14-32-30-13-5-7-19-39(30)47-43(32)33/h1-6,8-18,20-24H,7,19H2. The number of hydrogen-bond acceptors (Lipinski definition) is 3. The molecule has 10 rings (SSSR count). The summed E-state index contributed by atoms with van der Waals surface area (Å²) in [6.07, 6.45) is 6.80. The van der Waals surface area contributed by atoms with Gasteiger partial charge in [-0.15, -0.1) is 11.3 Å². The molecule has 3 aromatic heterocycles. The third-order valence-electron chi connectivity index (χ3n) is 9.70. The first-order valence-corrected chi connectivity index (χ1v) is 16.8. The minimum absolute atomic E-state index is 0.652. The van der Waals surface area contributed by atoms with Gasteiger partial charge < -0.3 is 8.98 Å². The Bertz CT molecular complexity index is 2800. The van der Waals surface area contributed by atoms with Crippen LogP contribution in [0.4, 0.5) is 0 Å². The van der Waals surface area contributed by atoms with Crippen molar-refractivity contribution in [1.29, 1.82) is 5.26 Å². The zero-order valence-electron chi connectivity index (χ0n) is 25.3. The molecule has 0 radical (unpaired) electrons. The number of rotatable bonds is 3. The molecule has 9 aromatic rings. The van der Waals surface area contributed by atoms with E-state index in [-0.39, 0.29) is 0 Å². The van der Waals surface area contributed by atoms with Gasteiger partial charge in [-0.1, -0.05) is 97.1 Å². The highest BCUT2D eigenvalue weighted by atomic mass is 32.1. The predicted molar refractivity (Wildman–Crippen MR) is 196 cm³/mol. The van der Waals surface area contributed by atoms with E-state index in [2.05, 4.69) is 132 Å². The maximum absolute atomic E-state index is 9.69. The van der Waals surface area contributed by atoms with Gasteiger partial charge in [0, 0.05) is 47.6 Å².